The molecule has 0 spiro atoms. The number of non-ortho nitro benzene ring substituents is 1. The van der Waals surface area contributed by atoms with Gasteiger partial charge in [-0.05, 0) is 36.6 Å². The first-order valence-electron chi connectivity index (χ1n) is 9.69. The number of hydrogen-bond donors (Lipinski definition) is 0. The van der Waals surface area contributed by atoms with Gasteiger partial charge in [0.15, 0.2) is 0 Å². The molecule has 0 N–H and O–H groups in total. The van der Waals surface area contributed by atoms with Gasteiger partial charge in [-0.15, -0.1) is 0 Å². The van der Waals surface area contributed by atoms with Gasteiger partial charge in [-0.2, -0.15) is 0 Å². The van der Waals surface area contributed by atoms with E-state index in [2.05, 4.69) is 13.8 Å². The van der Waals surface area contributed by atoms with Gasteiger partial charge in [0.2, 0.25) is 0 Å². The molecule has 2 rings (SSSR count). The van der Waals surface area contributed by atoms with Gasteiger partial charge < -0.3 is 9.47 Å². The molecule has 29 heavy (non-hydrogen) atoms. The Balaban J connectivity index is 2.07. The van der Waals surface area contributed by atoms with Gasteiger partial charge in [0, 0.05) is 12.1 Å². The first-order valence-corrected chi connectivity index (χ1v) is 9.69. The Kier molecular flexibility index (Phi) is 8.33. The second-order valence-corrected chi connectivity index (χ2v) is 6.70. The van der Waals surface area contributed by atoms with Crippen LogP contribution in [0.3, 0.4) is 0 Å². The number of ether oxygens (including phenoxy) is 2. The van der Waals surface area contributed by atoms with Crippen molar-refractivity contribution in [3.63, 3.8) is 0 Å². The maximum Gasteiger partial charge on any atom is 0.344 e. The van der Waals surface area contributed by atoms with Gasteiger partial charge in [0.05, 0.1) is 22.7 Å². The summed E-state index contributed by atoms with van der Waals surface area (Å²) in [5.41, 5.74) is 0.101. The van der Waals surface area contributed by atoms with E-state index in [0.717, 1.165) is 25.7 Å². The van der Waals surface area contributed by atoms with Crippen molar-refractivity contribution < 1.29 is 24.0 Å². The highest BCUT2D eigenvalue weighted by molar-refractivity contribution is 6.03. The molecule has 0 aliphatic rings. The minimum Gasteiger partial charge on any atom is -0.462 e. The van der Waals surface area contributed by atoms with E-state index >= 15 is 0 Å². The molecular formula is C22H25NO6. The highest BCUT2D eigenvalue weighted by Crippen LogP contribution is 2.20. The summed E-state index contributed by atoms with van der Waals surface area (Å²) in [6, 6.07) is 11.4. The van der Waals surface area contributed by atoms with Crippen LogP contribution >= 0.6 is 0 Å². The number of unbranched alkanes of at least 4 members (excludes halogenated alkanes) is 1. The van der Waals surface area contributed by atoms with Crippen LogP contribution in [0.15, 0.2) is 48.5 Å². The lowest BCUT2D eigenvalue weighted by atomic mass is 10.0. The third-order valence-corrected chi connectivity index (χ3v) is 4.62. The van der Waals surface area contributed by atoms with Crippen molar-refractivity contribution >= 4 is 17.6 Å². The zero-order valence-corrected chi connectivity index (χ0v) is 16.6. The van der Waals surface area contributed by atoms with Gasteiger partial charge in [-0.3, -0.25) is 10.1 Å². The molecule has 2 aromatic rings. The molecular weight excluding hydrogens is 374 g/mol. The second kappa shape index (κ2) is 10.9. The second-order valence-electron chi connectivity index (χ2n) is 6.70. The number of esters is 2. The molecule has 0 heterocycles. The molecule has 0 fully saturated rings. The largest absolute Gasteiger partial charge is 0.462 e. The minimum atomic E-state index is -0.732. The van der Waals surface area contributed by atoms with Gasteiger partial charge in [0.1, 0.15) is 5.75 Å². The number of carbonyl (C=O) groups excluding carboxylic acids is 2. The fourth-order valence-corrected chi connectivity index (χ4v) is 2.81. The van der Waals surface area contributed by atoms with Crippen LogP contribution in [0, 0.1) is 16.0 Å². The van der Waals surface area contributed by atoms with E-state index in [1.807, 2.05) is 0 Å². The molecule has 2 aromatic carbocycles. The summed E-state index contributed by atoms with van der Waals surface area (Å²) in [4.78, 5) is 35.2. The fraction of sp³-hybridized carbons (Fsp3) is 0.364. The molecule has 0 saturated heterocycles. The van der Waals surface area contributed by atoms with Crippen LogP contribution in [0.1, 0.15) is 60.2 Å². The summed E-state index contributed by atoms with van der Waals surface area (Å²) in [6.45, 7) is 4.48. The Labute approximate surface area is 169 Å². The highest BCUT2D eigenvalue weighted by atomic mass is 16.6. The Morgan fingerprint density at radius 1 is 1.00 bits per heavy atom. The number of nitro groups is 1. The molecule has 0 aromatic heterocycles. The van der Waals surface area contributed by atoms with Crippen LogP contribution in [-0.4, -0.2) is 23.5 Å². The quantitative estimate of drug-likeness (QED) is 0.236. The van der Waals surface area contributed by atoms with Crippen molar-refractivity contribution in [3.05, 3.63) is 69.8 Å². The maximum absolute atomic E-state index is 12.5. The minimum absolute atomic E-state index is 0.0810. The van der Waals surface area contributed by atoms with Gasteiger partial charge in [-0.1, -0.05) is 45.2 Å². The SMILES string of the molecule is CCCCC(CC)COC(=O)c1ccccc1C(=O)Oc1ccc([N+](=O)[O-])cc1. The predicted octanol–water partition coefficient (Wildman–Crippen LogP) is 5.19. The molecule has 0 aliphatic carbocycles. The molecule has 7 nitrogen and oxygen atoms in total. The van der Waals surface area contributed by atoms with Crippen molar-refractivity contribution in [1.29, 1.82) is 0 Å². The van der Waals surface area contributed by atoms with E-state index in [1.165, 1.54) is 36.4 Å². The Hall–Kier alpha value is -3.22. The third-order valence-electron chi connectivity index (χ3n) is 4.62. The van der Waals surface area contributed by atoms with Crippen molar-refractivity contribution in [2.45, 2.75) is 39.5 Å². The van der Waals surface area contributed by atoms with E-state index in [0.29, 0.717) is 6.61 Å². The summed E-state index contributed by atoms with van der Waals surface area (Å²) >= 11 is 0. The number of carbonyl (C=O) groups is 2. The van der Waals surface area contributed by atoms with Crippen LogP contribution in [0.25, 0.3) is 0 Å². The van der Waals surface area contributed by atoms with E-state index in [4.69, 9.17) is 9.47 Å². The molecule has 1 unspecified atom stereocenters. The number of nitro benzene ring substituents is 1. The lowest BCUT2D eigenvalue weighted by molar-refractivity contribution is -0.384. The van der Waals surface area contributed by atoms with Crippen LogP contribution in [0.2, 0.25) is 0 Å². The first kappa shape index (κ1) is 22.1. The number of rotatable bonds is 10. The monoisotopic (exact) mass is 399 g/mol. The summed E-state index contributed by atoms with van der Waals surface area (Å²) < 4.78 is 10.7. The molecule has 1 atom stereocenters. The zero-order valence-electron chi connectivity index (χ0n) is 16.6. The van der Waals surface area contributed by atoms with Crippen LogP contribution < -0.4 is 4.74 Å². The summed E-state index contributed by atoms with van der Waals surface area (Å²) in [5, 5.41) is 10.7. The molecule has 0 saturated carbocycles. The number of nitrogens with zero attached hydrogens (tertiary/aromatic N) is 1. The lowest BCUT2D eigenvalue weighted by Gasteiger charge is -2.15. The summed E-state index contributed by atoms with van der Waals surface area (Å²) in [7, 11) is 0. The van der Waals surface area contributed by atoms with Gasteiger partial charge in [-0.25, -0.2) is 9.59 Å². The third kappa shape index (κ3) is 6.41. The topological polar surface area (TPSA) is 95.7 Å². The maximum atomic E-state index is 12.5. The molecule has 0 radical (unpaired) electrons. The summed E-state index contributed by atoms with van der Waals surface area (Å²) in [5.74, 6) is -0.867. The molecule has 0 aliphatic heterocycles. The van der Waals surface area contributed by atoms with Crippen molar-refractivity contribution in [1.82, 2.24) is 0 Å². The van der Waals surface area contributed by atoms with E-state index in [1.54, 1.807) is 12.1 Å². The standard InChI is InChI=1S/C22H25NO6/c1-3-5-8-16(4-2)15-28-21(24)19-9-6-7-10-20(19)22(25)29-18-13-11-17(12-14-18)23(26)27/h6-7,9-14,16H,3-5,8,15H2,1-2H3. The van der Waals surface area contributed by atoms with Gasteiger partial charge in [0.25, 0.3) is 5.69 Å². The predicted molar refractivity (Wildman–Crippen MR) is 108 cm³/mol. The molecule has 0 bridgehead atoms. The molecule has 0 amide bonds. The Morgan fingerprint density at radius 3 is 2.17 bits per heavy atom. The van der Waals surface area contributed by atoms with Crippen LogP contribution in [0.5, 0.6) is 5.75 Å². The van der Waals surface area contributed by atoms with Crippen molar-refractivity contribution in [2.24, 2.45) is 5.92 Å². The van der Waals surface area contributed by atoms with E-state index in [9.17, 15) is 19.7 Å². The fourth-order valence-electron chi connectivity index (χ4n) is 2.81. The van der Waals surface area contributed by atoms with E-state index in [-0.39, 0.29) is 28.5 Å². The molecule has 7 heteroatoms. The van der Waals surface area contributed by atoms with Crippen molar-refractivity contribution in [2.75, 3.05) is 6.61 Å². The van der Waals surface area contributed by atoms with Crippen molar-refractivity contribution in [3.8, 4) is 5.75 Å². The summed E-state index contributed by atoms with van der Waals surface area (Å²) in [6.07, 6.45) is 4.07. The average Bonchev–Trinajstić information content (AvgIpc) is 2.74. The first-order chi connectivity index (χ1) is 14.0. The van der Waals surface area contributed by atoms with E-state index < -0.39 is 16.9 Å². The number of benzene rings is 2. The Morgan fingerprint density at radius 2 is 1.62 bits per heavy atom. The van der Waals surface area contributed by atoms with Crippen LogP contribution in [0.4, 0.5) is 5.69 Å². The normalized spacial score (nSPS) is 11.5. The average molecular weight is 399 g/mol. The smallest absolute Gasteiger partial charge is 0.344 e. The number of hydrogen-bond acceptors (Lipinski definition) is 6. The highest BCUT2D eigenvalue weighted by Gasteiger charge is 2.21. The van der Waals surface area contributed by atoms with Gasteiger partial charge >= 0.3 is 11.9 Å². The lowest BCUT2D eigenvalue weighted by Crippen LogP contribution is -2.18. The zero-order chi connectivity index (χ0) is 21.2. The van der Waals surface area contributed by atoms with Crippen LogP contribution in [-0.2, 0) is 4.74 Å². The molecule has 154 valence electrons. The Bertz CT molecular complexity index is 847.